The van der Waals surface area contributed by atoms with Crippen LogP contribution >= 0.6 is 15.9 Å². The highest BCUT2D eigenvalue weighted by molar-refractivity contribution is 9.10. The normalized spacial score (nSPS) is 11.1. The van der Waals surface area contributed by atoms with Crippen molar-refractivity contribution in [1.82, 2.24) is 24.6 Å². The van der Waals surface area contributed by atoms with Crippen molar-refractivity contribution in [2.75, 3.05) is 5.32 Å². The van der Waals surface area contributed by atoms with E-state index in [9.17, 15) is 9.18 Å². The summed E-state index contributed by atoms with van der Waals surface area (Å²) < 4.78 is 21.7. The predicted octanol–water partition coefficient (Wildman–Crippen LogP) is 3.55. The fraction of sp³-hybridized carbons (Fsp3) is 0.118. The van der Waals surface area contributed by atoms with E-state index >= 15 is 0 Å². The second-order valence-corrected chi connectivity index (χ2v) is 6.54. The molecule has 27 heavy (non-hydrogen) atoms. The van der Waals surface area contributed by atoms with Crippen molar-refractivity contribution in [3.63, 3.8) is 0 Å². The minimum atomic E-state index is -0.519. The molecular formula is C17H12BrFN6O2. The van der Waals surface area contributed by atoms with Gasteiger partial charge in [-0.2, -0.15) is 4.98 Å². The van der Waals surface area contributed by atoms with E-state index in [1.165, 1.54) is 22.7 Å². The lowest BCUT2D eigenvalue weighted by molar-refractivity contribution is 0.0994. The average molecular weight is 431 g/mol. The molecule has 8 nitrogen and oxygen atoms in total. The van der Waals surface area contributed by atoms with Crippen LogP contribution in [-0.4, -0.2) is 30.5 Å². The molecule has 0 saturated carbocycles. The Morgan fingerprint density at radius 2 is 2.04 bits per heavy atom. The number of carbonyl (C=O) groups excluding carboxylic acids is 1. The summed E-state index contributed by atoms with van der Waals surface area (Å²) in [5.74, 6) is -0.0148. The number of rotatable bonds is 3. The Balaban J connectivity index is 1.68. The standard InChI is InChI=1S/C17H12BrFN6O2/c1-8-14(27-9(2)20-8)16(26)21-10-3-4-12(19)11(7-10)15-23-17-22-13(18)5-6-25(17)24-15/h3-7H,1-2H3,(H,21,26). The summed E-state index contributed by atoms with van der Waals surface area (Å²) in [5, 5.41) is 6.89. The SMILES string of the molecule is Cc1nc(C)c(C(=O)Nc2ccc(F)c(-c3nc4nc(Br)ccn4n3)c2)o1. The maximum absolute atomic E-state index is 14.3. The van der Waals surface area contributed by atoms with Crippen molar-refractivity contribution in [3.05, 3.63) is 58.2 Å². The molecule has 0 aliphatic carbocycles. The number of oxazole rings is 1. The van der Waals surface area contributed by atoms with Crippen molar-refractivity contribution in [2.45, 2.75) is 13.8 Å². The molecule has 0 saturated heterocycles. The van der Waals surface area contributed by atoms with Gasteiger partial charge >= 0.3 is 0 Å². The van der Waals surface area contributed by atoms with Gasteiger partial charge in [-0.1, -0.05) is 0 Å². The van der Waals surface area contributed by atoms with Crippen molar-refractivity contribution < 1.29 is 13.6 Å². The maximum Gasteiger partial charge on any atom is 0.293 e. The van der Waals surface area contributed by atoms with Crippen LogP contribution in [0.3, 0.4) is 0 Å². The third kappa shape index (κ3) is 3.31. The van der Waals surface area contributed by atoms with Gasteiger partial charge in [-0.25, -0.2) is 18.9 Å². The number of halogens is 2. The first-order chi connectivity index (χ1) is 12.9. The Morgan fingerprint density at radius 1 is 1.22 bits per heavy atom. The Labute approximate surface area is 160 Å². The lowest BCUT2D eigenvalue weighted by Crippen LogP contribution is -2.12. The number of anilines is 1. The van der Waals surface area contributed by atoms with Gasteiger partial charge in [0, 0.05) is 18.8 Å². The predicted molar refractivity (Wildman–Crippen MR) is 97.8 cm³/mol. The van der Waals surface area contributed by atoms with Gasteiger partial charge in [-0.3, -0.25) is 4.79 Å². The topological polar surface area (TPSA) is 98.2 Å². The third-order valence-electron chi connectivity index (χ3n) is 3.75. The number of nitrogens with zero attached hydrogens (tertiary/aromatic N) is 5. The van der Waals surface area contributed by atoms with Gasteiger partial charge in [0.2, 0.25) is 5.76 Å². The number of benzene rings is 1. The van der Waals surface area contributed by atoms with Gasteiger partial charge in [-0.05, 0) is 47.1 Å². The molecule has 0 radical (unpaired) electrons. The second kappa shape index (κ2) is 6.54. The van der Waals surface area contributed by atoms with Gasteiger partial charge in [0.15, 0.2) is 11.7 Å². The van der Waals surface area contributed by atoms with E-state index < -0.39 is 11.7 Å². The summed E-state index contributed by atoms with van der Waals surface area (Å²) in [6, 6.07) is 5.83. The quantitative estimate of drug-likeness (QED) is 0.499. The minimum Gasteiger partial charge on any atom is -0.436 e. The van der Waals surface area contributed by atoms with Crippen LogP contribution in [0.15, 0.2) is 39.5 Å². The van der Waals surface area contributed by atoms with Crippen LogP contribution in [0.5, 0.6) is 0 Å². The molecule has 0 spiro atoms. The molecule has 1 amide bonds. The molecule has 0 aliphatic rings. The van der Waals surface area contributed by atoms with Gasteiger partial charge in [0.25, 0.3) is 11.7 Å². The molecule has 0 unspecified atom stereocenters. The fourth-order valence-corrected chi connectivity index (χ4v) is 2.85. The maximum atomic E-state index is 14.3. The summed E-state index contributed by atoms with van der Waals surface area (Å²) in [6.07, 6.45) is 1.65. The van der Waals surface area contributed by atoms with E-state index in [1.807, 2.05) is 0 Å². The van der Waals surface area contributed by atoms with E-state index in [0.29, 0.717) is 27.7 Å². The van der Waals surface area contributed by atoms with Crippen LogP contribution in [0.2, 0.25) is 0 Å². The molecule has 0 aliphatic heterocycles. The molecule has 3 aromatic heterocycles. The number of amides is 1. The zero-order chi connectivity index (χ0) is 19.1. The summed E-state index contributed by atoms with van der Waals surface area (Å²) in [6.45, 7) is 3.33. The summed E-state index contributed by atoms with van der Waals surface area (Å²) in [4.78, 5) is 24.8. The molecule has 0 atom stereocenters. The van der Waals surface area contributed by atoms with Crippen molar-refractivity contribution in [1.29, 1.82) is 0 Å². The van der Waals surface area contributed by atoms with Gasteiger partial charge in [0.1, 0.15) is 10.4 Å². The second-order valence-electron chi connectivity index (χ2n) is 5.73. The highest BCUT2D eigenvalue weighted by Crippen LogP contribution is 2.25. The zero-order valence-electron chi connectivity index (χ0n) is 14.2. The zero-order valence-corrected chi connectivity index (χ0v) is 15.8. The number of fused-ring (bicyclic) bond motifs is 1. The average Bonchev–Trinajstić information content (AvgIpc) is 3.18. The highest BCUT2D eigenvalue weighted by atomic mass is 79.9. The first-order valence-electron chi connectivity index (χ1n) is 7.85. The number of nitrogens with one attached hydrogen (secondary N) is 1. The highest BCUT2D eigenvalue weighted by Gasteiger charge is 2.18. The minimum absolute atomic E-state index is 0.110. The fourth-order valence-electron chi connectivity index (χ4n) is 2.57. The molecule has 136 valence electrons. The van der Waals surface area contributed by atoms with Gasteiger partial charge < -0.3 is 9.73 Å². The lowest BCUT2D eigenvalue weighted by atomic mass is 10.1. The Bertz CT molecular complexity index is 1190. The molecule has 4 aromatic rings. The van der Waals surface area contributed by atoms with Crippen LogP contribution in [0.4, 0.5) is 10.1 Å². The largest absolute Gasteiger partial charge is 0.436 e. The van der Waals surface area contributed by atoms with Gasteiger partial charge in [-0.15, -0.1) is 5.10 Å². The third-order valence-corrected chi connectivity index (χ3v) is 4.19. The molecule has 1 aromatic carbocycles. The van der Waals surface area contributed by atoms with Crippen LogP contribution in [0.1, 0.15) is 22.1 Å². The van der Waals surface area contributed by atoms with Crippen LogP contribution in [-0.2, 0) is 0 Å². The molecule has 0 bridgehead atoms. The number of carbonyl (C=O) groups is 1. The summed E-state index contributed by atoms with van der Waals surface area (Å²) in [7, 11) is 0. The first kappa shape index (κ1) is 17.3. The van der Waals surface area contributed by atoms with Crippen molar-refractivity contribution >= 4 is 33.3 Å². The van der Waals surface area contributed by atoms with Crippen LogP contribution in [0.25, 0.3) is 17.2 Å². The lowest BCUT2D eigenvalue weighted by Gasteiger charge is -2.06. The Morgan fingerprint density at radius 3 is 2.78 bits per heavy atom. The summed E-state index contributed by atoms with van der Waals surface area (Å²) in [5.41, 5.74) is 0.990. The molecule has 10 heteroatoms. The molecule has 0 fully saturated rings. The number of hydrogen-bond donors (Lipinski definition) is 1. The Kier molecular flexibility index (Phi) is 4.19. The number of hydrogen-bond acceptors (Lipinski definition) is 6. The van der Waals surface area contributed by atoms with Crippen LogP contribution in [0, 0.1) is 19.7 Å². The van der Waals surface area contributed by atoms with E-state index in [-0.39, 0.29) is 17.1 Å². The van der Waals surface area contributed by atoms with Crippen molar-refractivity contribution in [3.8, 4) is 11.4 Å². The molecule has 1 N–H and O–H groups in total. The van der Waals surface area contributed by atoms with E-state index in [2.05, 4.69) is 41.3 Å². The van der Waals surface area contributed by atoms with E-state index in [4.69, 9.17) is 4.42 Å². The van der Waals surface area contributed by atoms with Crippen molar-refractivity contribution in [2.24, 2.45) is 0 Å². The van der Waals surface area contributed by atoms with E-state index in [0.717, 1.165) is 0 Å². The molecular weight excluding hydrogens is 419 g/mol. The Hall–Kier alpha value is -3.14. The first-order valence-corrected chi connectivity index (χ1v) is 8.64. The smallest absolute Gasteiger partial charge is 0.293 e. The molecule has 3 heterocycles. The summed E-state index contributed by atoms with van der Waals surface area (Å²) >= 11 is 3.25. The monoisotopic (exact) mass is 430 g/mol. The molecule has 4 rings (SSSR count). The number of aryl methyl sites for hydroxylation is 2. The van der Waals surface area contributed by atoms with Crippen LogP contribution < -0.4 is 5.32 Å². The van der Waals surface area contributed by atoms with E-state index in [1.54, 1.807) is 26.1 Å². The van der Waals surface area contributed by atoms with Gasteiger partial charge in [0.05, 0.1) is 11.3 Å². The number of aromatic nitrogens is 5.